The molecule has 0 aliphatic rings. The van der Waals surface area contributed by atoms with Crippen molar-refractivity contribution in [2.75, 3.05) is 40.0 Å². The molecule has 1 amide bonds. The average molecular weight is 287 g/mol. The molecule has 0 bridgehead atoms. The molecule has 0 saturated heterocycles. The molecular weight excluding hydrogens is 271 g/mol. The highest BCUT2D eigenvalue weighted by Gasteiger charge is 2.31. The summed E-state index contributed by atoms with van der Waals surface area (Å²) in [6.45, 7) is -0.549. The van der Waals surface area contributed by atoms with Gasteiger partial charge in [-0.2, -0.15) is 13.2 Å². The Morgan fingerprint density at radius 3 is 2.32 bits per heavy atom. The zero-order valence-electron chi connectivity index (χ0n) is 10.7. The van der Waals surface area contributed by atoms with E-state index in [-0.39, 0.29) is 19.8 Å². The van der Waals surface area contributed by atoms with Gasteiger partial charge in [0.05, 0.1) is 13.2 Å². The highest BCUT2D eigenvalue weighted by molar-refractivity contribution is 5.78. The molecule has 0 aromatic carbocycles. The lowest BCUT2D eigenvalue weighted by molar-refractivity contribution is -0.163. The minimum absolute atomic E-state index is 0.0561. The van der Waals surface area contributed by atoms with Gasteiger partial charge in [-0.25, -0.2) is 4.79 Å². The molecule has 0 aromatic rings. The molecule has 0 aliphatic carbocycles. The van der Waals surface area contributed by atoms with Gasteiger partial charge >= 0.3 is 18.2 Å². The van der Waals surface area contributed by atoms with E-state index in [9.17, 15) is 22.8 Å². The van der Waals surface area contributed by atoms with E-state index in [1.807, 2.05) is 0 Å². The van der Waals surface area contributed by atoms with Crippen molar-refractivity contribution in [1.82, 2.24) is 4.90 Å². The summed E-state index contributed by atoms with van der Waals surface area (Å²) in [6, 6.07) is 0. The lowest BCUT2D eigenvalue weighted by Gasteiger charge is -2.21. The Bertz CT molecular complexity index is 295. The lowest BCUT2D eigenvalue weighted by atomic mass is 10.5. The third-order valence-corrected chi connectivity index (χ3v) is 1.81. The molecule has 0 heterocycles. The van der Waals surface area contributed by atoms with Gasteiger partial charge in [0, 0.05) is 13.7 Å². The predicted molar refractivity (Wildman–Crippen MR) is 57.5 cm³/mol. The fourth-order valence-corrected chi connectivity index (χ4v) is 1.03. The number of carbonyl (C=O) groups excluding carboxylic acids is 2. The lowest BCUT2D eigenvalue weighted by Crippen LogP contribution is -2.40. The quantitative estimate of drug-likeness (QED) is 0.658. The van der Waals surface area contributed by atoms with Crippen molar-refractivity contribution in [3.63, 3.8) is 0 Å². The van der Waals surface area contributed by atoms with E-state index in [1.165, 1.54) is 7.11 Å². The fourth-order valence-electron chi connectivity index (χ4n) is 1.03. The number of carbonyl (C=O) groups is 2. The Kier molecular flexibility index (Phi) is 7.89. The maximum atomic E-state index is 11.9. The van der Waals surface area contributed by atoms with Gasteiger partial charge in [-0.1, -0.05) is 0 Å². The van der Waals surface area contributed by atoms with Crippen molar-refractivity contribution in [2.24, 2.45) is 0 Å². The average Bonchev–Trinajstić information content (AvgIpc) is 2.30. The highest BCUT2D eigenvalue weighted by atomic mass is 19.4. The minimum Gasteiger partial charge on any atom is -0.465 e. The van der Waals surface area contributed by atoms with Gasteiger partial charge in [-0.05, 0) is 6.92 Å². The summed E-state index contributed by atoms with van der Waals surface area (Å²) in [5, 5.41) is 0. The van der Waals surface area contributed by atoms with Crippen LogP contribution in [0.3, 0.4) is 0 Å². The Morgan fingerprint density at radius 2 is 1.84 bits per heavy atom. The predicted octanol–water partition coefficient (Wildman–Crippen LogP) is 1.20. The zero-order chi connectivity index (χ0) is 14.9. The summed E-state index contributed by atoms with van der Waals surface area (Å²) in [4.78, 5) is 23.3. The van der Waals surface area contributed by atoms with Gasteiger partial charge in [-0.15, -0.1) is 0 Å². The molecule has 0 atom stereocenters. The van der Waals surface area contributed by atoms with Crippen LogP contribution in [0, 0.1) is 0 Å². The topological polar surface area (TPSA) is 65.1 Å². The molecule has 0 saturated carbocycles. The number of esters is 1. The SMILES string of the molecule is CCOC(=O)CN(CCOC)C(=O)OCC(F)(F)F. The first-order chi connectivity index (χ1) is 8.80. The van der Waals surface area contributed by atoms with Gasteiger partial charge in [0.15, 0.2) is 6.61 Å². The van der Waals surface area contributed by atoms with Crippen molar-refractivity contribution in [2.45, 2.75) is 13.1 Å². The van der Waals surface area contributed by atoms with Gasteiger partial charge in [-0.3, -0.25) is 9.69 Å². The number of nitrogens with zero attached hydrogens (tertiary/aromatic N) is 1. The summed E-state index contributed by atoms with van der Waals surface area (Å²) >= 11 is 0. The minimum atomic E-state index is -4.62. The number of amides is 1. The molecule has 0 rings (SSSR count). The Balaban J connectivity index is 4.38. The number of methoxy groups -OCH3 is 1. The van der Waals surface area contributed by atoms with Crippen LogP contribution in [0.5, 0.6) is 0 Å². The number of alkyl halides is 3. The molecule has 0 N–H and O–H groups in total. The number of hydrogen-bond acceptors (Lipinski definition) is 5. The van der Waals surface area contributed by atoms with Gasteiger partial charge in [0.25, 0.3) is 0 Å². The van der Waals surface area contributed by atoms with Crippen LogP contribution in [0.2, 0.25) is 0 Å². The second-order valence-electron chi connectivity index (χ2n) is 3.39. The van der Waals surface area contributed by atoms with Crippen LogP contribution in [-0.4, -0.2) is 63.2 Å². The highest BCUT2D eigenvalue weighted by Crippen LogP contribution is 2.15. The summed E-state index contributed by atoms with van der Waals surface area (Å²) in [5.74, 6) is -0.734. The van der Waals surface area contributed by atoms with E-state index in [2.05, 4.69) is 14.2 Å². The summed E-state index contributed by atoms with van der Waals surface area (Å²) in [6.07, 6.45) is -5.87. The van der Waals surface area contributed by atoms with Crippen LogP contribution in [0.4, 0.5) is 18.0 Å². The molecule has 6 nitrogen and oxygen atoms in total. The van der Waals surface area contributed by atoms with Crippen LogP contribution in [0.25, 0.3) is 0 Å². The van der Waals surface area contributed by atoms with Crippen LogP contribution < -0.4 is 0 Å². The van der Waals surface area contributed by atoms with E-state index < -0.39 is 31.4 Å². The number of ether oxygens (including phenoxy) is 3. The Morgan fingerprint density at radius 1 is 1.21 bits per heavy atom. The molecule has 0 spiro atoms. The third-order valence-electron chi connectivity index (χ3n) is 1.81. The molecular formula is C10H16F3NO5. The van der Waals surface area contributed by atoms with Crippen molar-refractivity contribution in [1.29, 1.82) is 0 Å². The third kappa shape index (κ3) is 9.11. The smallest absolute Gasteiger partial charge is 0.422 e. The second-order valence-corrected chi connectivity index (χ2v) is 3.39. The van der Waals surface area contributed by atoms with Crippen molar-refractivity contribution in [3.8, 4) is 0 Å². The van der Waals surface area contributed by atoms with E-state index in [0.717, 1.165) is 4.90 Å². The van der Waals surface area contributed by atoms with Crippen LogP contribution in [0.15, 0.2) is 0 Å². The number of hydrogen-bond donors (Lipinski definition) is 0. The molecule has 0 radical (unpaired) electrons. The van der Waals surface area contributed by atoms with Crippen molar-refractivity contribution in [3.05, 3.63) is 0 Å². The molecule has 0 fully saturated rings. The Hall–Kier alpha value is -1.51. The van der Waals surface area contributed by atoms with E-state index in [1.54, 1.807) is 6.92 Å². The molecule has 0 unspecified atom stereocenters. The summed E-state index contributed by atoms with van der Waals surface area (Å²) in [7, 11) is 1.35. The van der Waals surface area contributed by atoms with Gasteiger partial charge < -0.3 is 14.2 Å². The normalized spacial score (nSPS) is 11.0. The number of rotatable bonds is 7. The molecule has 0 aromatic heterocycles. The Labute approximate surface area is 108 Å². The summed E-state index contributed by atoms with van der Waals surface area (Å²) in [5.41, 5.74) is 0. The van der Waals surface area contributed by atoms with E-state index in [4.69, 9.17) is 0 Å². The standard InChI is InChI=1S/C10H16F3NO5/c1-3-18-8(15)6-14(4-5-17-2)9(16)19-7-10(11,12)13/h3-7H2,1-2H3. The van der Waals surface area contributed by atoms with Gasteiger partial charge in [0.2, 0.25) is 0 Å². The van der Waals surface area contributed by atoms with Crippen molar-refractivity contribution >= 4 is 12.1 Å². The first-order valence-corrected chi connectivity index (χ1v) is 5.43. The van der Waals surface area contributed by atoms with Crippen LogP contribution in [0.1, 0.15) is 6.92 Å². The van der Waals surface area contributed by atoms with E-state index >= 15 is 0 Å². The molecule has 112 valence electrons. The maximum Gasteiger partial charge on any atom is 0.422 e. The molecule has 9 heteroatoms. The van der Waals surface area contributed by atoms with Crippen molar-refractivity contribution < 1.29 is 37.0 Å². The van der Waals surface area contributed by atoms with E-state index in [0.29, 0.717) is 0 Å². The summed E-state index contributed by atoms with van der Waals surface area (Å²) < 4.78 is 49.0. The first kappa shape index (κ1) is 17.5. The zero-order valence-corrected chi connectivity index (χ0v) is 10.7. The van der Waals surface area contributed by atoms with Gasteiger partial charge in [0.1, 0.15) is 6.54 Å². The second kappa shape index (κ2) is 8.57. The molecule has 19 heavy (non-hydrogen) atoms. The van der Waals surface area contributed by atoms with Crippen LogP contribution >= 0.6 is 0 Å². The first-order valence-electron chi connectivity index (χ1n) is 5.43. The maximum absolute atomic E-state index is 11.9. The van der Waals surface area contributed by atoms with Crippen LogP contribution in [-0.2, 0) is 19.0 Å². The fraction of sp³-hybridized carbons (Fsp3) is 0.800. The molecule has 0 aliphatic heterocycles. The monoisotopic (exact) mass is 287 g/mol. The largest absolute Gasteiger partial charge is 0.465 e. The number of halogens is 3.